The van der Waals surface area contributed by atoms with Gasteiger partial charge in [-0.15, -0.1) is 0 Å². The van der Waals surface area contributed by atoms with Gasteiger partial charge in [-0.25, -0.2) is 0 Å². The van der Waals surface area contributed by atoms with Crippen molar-refractivity contribution < 1.29 is 4.79 Å². The second-order valence-electron chi connectivity index (χ2n) is 2.52. The second kappa shape index (κ2) is 3.40. The topological polar surface area (TPSA) is 20.3 Å². The van der Waals surface area contributed by atoms with E-state index in [1.165, 1.54) is 0 Å². The second-order valence-corrected chi connectivity index (χ2v) is 2.52. The first-order chi connectivity index (χ1) is 4.84. The third-order valence-electron chi connectivity index (χ3n) is 1.63. The van der Waals surface area contributed by atoms with Crippen molar-refractivity contribution in [2.24, 2.45) is 0 Å². The van der Waals surface area contributed by atoms with Crippen LogP contribution in [-0.4, -0.2) is 23.9 Å². The Balaban J connectivity index is 2.43. The predicted octanol–water partition coefficient (Wildman–Crippen LogP) is 1.18. The average molecular weight is 139 g/mol. The Morgan fingerprint density at radius 2 is 2.40 bits per heavy atom. The van der Waals surface area contributed by atoms with E-state index in [2.05, 4.69) is 13.0 Å². The van der Waals surface area contributed by atoms with Gasteiger partial charge in [0.15, 0.2) is 0 Å². The van der Waals surface area contributed by atoms with Gasteiger partial charge in [0.25, 0.3) is 0 Å². The van der Waals surface area contributed by atoms with Crippen LogP contribution < -0.4 is 0 Å². The van der Waals surface area contributed by atoms with Crippen LogP contribution in [0.1, 0.15) is 19.8 Å². The molecule has 0 N–H and O–H groups in total. The van der Waals surface area contributed by atoms with Crippen molar-refractivity contribution in [1.82, 2.24) is 4.90 Å². The Labute approximate surface area is 61.5 Å². The van der Waals surface area contributed by atoms with Crippen molar-refractivity contribution in [1.29, 1.82) is 0 Å². The summed E-state index contributed by atoms with van der Waals surface area (Å²) >= 11 is 0. The first kappa shape index (κ1) is 7.32. The molecule has 1 heterocycles. The largest absolute Gasteiger partial charge is 0.339 e. The average Bonchev–Trinajstić information content (AvgIpc) is 1.94. The van der Waals surface area contributed by atoms with Crippen LogP contribution in [0.25, 0.3) is 0 Å². The molecule has 1 aliphatic heterocycles. The van der Waals surface area contributed by atoms with E-state index >= 15 is 0 Å². The maximum Gasteiger partial charge on any atom is 0.226 e. The maximum atomic E-state index is 11.1. The summed E-state index contributed by atoms with van der Waals surface area (Å²) < 4.78 is 0. The molecule has 0 saturated heterocycles. The summed E-state index contributed by atoms with van der Waals surface area (Å²) in [6.07, 6.45) is 5.64. The van der Waals surface area contributed by atoms with Gasteiger partial charge in [-0.05, 0) is 6.42 Å². The molecule has 2 nitrogen and oxygen atoms in total. The molecule has 10 heavy (non-hydrogen) atoms. The zero-order chi connectivity index (χ0) is 7.40. The van der Waals surface area contributed by atoms with Crippen LogP contribution in [0.3, 0.4) is 0 Å². The van der Waals surface area contributed by atoms with E-state index in [1.54, 1.807) is 0 Å². The van der Waals surface area contributed by atoms with Gasteiger partial charge >= 0.3 is 0 Å². The fraction of sp³-hybridized carbons (Fsp3) is 0.625. The fourth-order valence-electron chi connectivity index (χ4n) is 1.10. The molecular weight excluding hydrogens is 126 g/mol. The number of hydrogen-bond acceptors (Lipinski definition) is 1. The summed E-state index contributed by atoms with van der Waals surface area (Å²) in [5.41, 5.74) is 0. The zero-order valence-electron chi connectivity index (χ0n) is 6.34. The molecule has 2 heteroatoms. The van der Waals surface area contributed by atoms with Crippen LogP contribution in [0.5, 0.6) is 0 Å². The summed E-state index contributed by atoms with van der Waals surface area (Å²) in [4.78, 5) is 12.9. The van der Waals surface area contributed by atoms with Crippen LogP contribution in [0.4, 0.5) is 0 Å². The molecule has 56 valence electrons. The monoisotopic (exact) mass is 139 g/mol. The highest BCUT2D eigenvalue weighted by atomic mass is 16.2. The molecule has 0 atom stereocenters. The number of nitrogens with zero attached hydrogens (tertiary/aromatic N) is 1. The molecule has 0 saturated carbocycles. The molecular formula is C8H13NO. The van der Waals surface area contributed by atoms with Crippen molar-refractivity contribution in [3.63, 3.8) is 0 Å². The van der Waals surface area contributed by atoms with Gasteiger partial charge in [0, 0.05) is 19.5 Å². The van der Waals surface area contributed by atoms with Crippen molar-refractivity contribution in [3.8, 4) is 0 Å². The molecule has 1 amide bonds. The number of carbonyl (C=O) groups excluding carboxylic acids is 1. The summed E-state index contributed by atoms with van der Waals surface area (Å²) in [5, 5.41) is 0. The summed E-state index contributed by atoms with van der Waals surface area (Å²) in [6.45, 7) is 3.81. The Hall–Kier alpha value is -0.790. The SMILES string of the molecule is CCCN1CC=CCC1=O. The third-order valence-corrected chi connectivity index (χ3v) is 1.63. The molecule has 0 aromatic heterocycles. The molecule has 0 aromatic rings. The van der Waals surface area contributed by atoms with Crippen molar-refractivity contribution in [3.05, 3.63) is 12.2 Å². The molecule has 1 aliphatic rings. The quantitative estimate of drug-likeness (QED) is 0.526. The van der Waals surface area contributed by atoms with Gasteiger partial charge in [0.2, 0.25) is 5.91 Å². The predicted molar refractivity (Wildman–Crippen MR) is 40.6 cm³/mol. The van der Waals surface area contributed by atoms with E-state index in [9.17, 15) is 4.79 Å². The lowest BCUT2D eigenvalue weighted by atomic mass is 10.2. The Morgan fingerprint density at radius 1 is 1.60 bits per heavy atom. The molecule has 0 fully saturated rings. The number of amides is 1. The van der Waals surface area contributed by atoms with E-state index in [0.717, 1.165) is 19.5 Å². The van der Waals surface area contributed by atoms with Crippen molar-refractivity contribution in [2.45, 2.75) is 19.8 Å². The molecule has 0 radical (unpaired) electrons. The van der Waals surface area contributed by atoms with Gasteiger partial charge in [-0.2, -0.15) is 0 Å². The van der Waals surface area contributed by atoms with E-state index in [-0.39, 0.29) is 5.91 Å². The molecule has 0 unspecified atom stereocenters. The van der Waals surface area contributed by atoms with Gasteiger partial charge in [-0.3, -0.25) is 4.79 Å². The molecule has 0 aromatic carbocycles. The minimum Gasteiger partial charge on any atom is -0.339 e. The van der Waals surface area contributed by atoms with Gasteiger partial charge < -0.3 is 4.90 Å². The summed E-state index contributed by atoms with van der Waals surface area (Å²) in [7, 11) is 0. The van der Waals surface area contributed by atoms with E-state index in [1.807, 2.05) is 11.0 Å². The number of rotatable bonds is 2. The first-order valence-corrected chi connectivity index (χ1v) is 3.77. The normalized spacial score (nSPS) is 18.1. The Bertz CT molecular complexity index is 151. The lowest BCUT2D eigenvalue weighted by molar-refractivity contribution is -0.130. The maximum absolute atomic E-state index is 11.1. The minimum absolute atomic E-state index is 0.268. The zero-order valence-corrected chi connectivity index (χ0v) is 6.34. The van der Waals surface area contributed by atoms with E-state index in [4.69, 9.17) is 0 Å². The smallest absolute Gasteiger partial charge is 0.226 e. The van der Waals surface area contributed by atoms with Gasteiger partial charge in [-0.1, -0.05) is 19.1 Å². The molecule has 0 bridgehead atoms. The van der Waals surface area contributed by atoms with Crippen LogP contribution >= 0.6 is 0 Å². The Kier molecular flexibility index (Phi) is 2.49. The van der Waals surface area contributed by atoms with Crippen molar-refractivity contribution in [2.75, 3.05) is 13.1 Å². The molecule has 1 rings (SSSR count). The third kappa shape index (κ3) is 1.59. The highest BCUT2D eigenvalue weighted by Gasteiger charge is 2.11. The van der Waals surface area contributed by atoms with E-state index < -0.39 is 0 Å². The lowest BCUT2D eigenvalue weighted by Crippen LogP contribution is -2.33. The first-order valence-electron chi connectivity index (χ1n) is 3.77. The van der Waals surface area contributed by atoms with Crippen LogP contribution in [0.2, 0.25) is 0 Å². The van der Waals surface area contributed by atoms with Crippen LogP contribution in [0.15, 0.2) is 12.2 Å². The highest BCUT2D eigenvalue weighted by Crippen LogP contribution is 2.02. The standard InChI is InChI=1S/C8H13NO/c1-2-6-9-7-4-3-5-8(9)10/h3-4H,2,5-7H2,1H3. The van der Waals surface area contributed by atoms with Gasteiger partial charge in [0.1, 0.15) is 0 Å². The number of hydrogen-bond donors (Lipinski definition) is 0. The lowest BCUT2D eigenvalue weighted by Gasteiger charge is -2.22. The Morgan fingerprint density at radius 3 is 3.00 bits per heavy atom. The van der Waals surface area contributed by atoms with Crippen LogP contribution in [0, 0.1) is 0 Å². The minimum atomic E-state index is 0.268. The van der Waals surface area contributed by atoms with Gasteiger partial charge in [0.05, 0.1) is 0 Å². The van der Waals surface area contributed by atoms with Crippen LogP contribution in [-0.2, 0) is 4.79 Å². The number of carbonyl (C=O) groups is 1. The van der Waals surface area contributed by atoms with E-state index in [0.29, 0.717) is 6.42 Å². The summed E-state index contributed by atoms with van der Waals surface area (Å²) in [5.74, 6) is 0.268. The molecule has 0 spiro atoms. The molecule has 0 aliphatic carbocycles. The fourth-order valence-corrected chi connectivity index (χ4v) is 1.10. The van der Waals surface area contributed by atoms with Crippen molar-refractivity contribution >= 4 is 5.91 Å². The highest BCUT2D eigenvalue weighted by molar-refractivity contribution is 5.78. The summed E-state index contributed by atoms with van der Waals surface area (Å²) in [6, 6.07) is 0.